The lowest BCUT2D eigenvalue weighted by molar-refractivity contribution is 0.425. The van der Waals surface area contributed by atoms with Crippen molar-refractivity contribution in [2.75, 3.05) is 5.32 Å². The summed E-state index contributed by atoms with van der Waals surface area (Å²) in [5, 5.41) is 8.21. The first-order valence-corrected chi connectivity index (χ1v) is 10.6. The predicted molar refractivity (Wildman–Crippen MR) is 112 cm³/mol. The van der Waals surface area contributed by atoms with Crippen molar-refractivity contribution in [3.63, 3.8) is 0 Å². The molecule has 0 amide bonds. The Hall–Kier alpha value is -2.84. The monoisotopic (exact) mass is 407 g/mol. The van der Waals surface area contributed by atoms with E-state index in [-0.39, 0.29) is 23.9 Å². The molecule has 2 aliphatic rings. The lowest BCUT2D eigenvalue weighted by atomic mass is 9.90. The highest BCUT2D eigenvalue weighted by Gasteiger charge is 2.35. The third kappa shape index (κ3) is 3.68. The molecule has 5 rings (SSSR count). The molecule has 0 bridgehead atoms. The standard InChI is InChI=1S/C22H26FN7/c1-2-17-21(14-7-9-16(23)10-8-14)27-28-22(17)26-19-11-20(25-13-24-19)30-12-15-5-3-4-6-18(15)29-30/h7-13,17,21-22,27-28H,2-6H2,1H3,(H,24,25,26). The Morgan fingerprint density at radius 3 is 2.77 bits per heavy atom. The highest BCUT2D eigenvalue weighted by atomic mass is 19.1. The van der Waals surface area contributed by atoms with Crippen molar-refractivity contribution < 1.29 is 4.39 Å². The molecule has 1 aromatic carbocycles. The summed E-state index contributed by atoms with van der Waals surface area (Å²) in [6.07, 6.45) is 9.15. The number of anilines is 1. The van der Waals surface area contributed by atoms with E-state index in [1.807, 2.05) is 22.9 Å². The number of nitrogens with one attached hydrogen (secondary N) is 3. The predicted octanol–water partition coefficient (Wildman–Crippen LogP) is 3.29. The fraction of sp³-hybridized carbons (Fsp3) is 0.409. The molecule has 7 nitrogen and oxygen atoms in total. The van der Waals surface area contributed by atoms with Crippen LogP contribution in [0.2, 0.25) is 0 Å². The van der Waals surface area contributed by atoms with Gasteiger partial charge < -0.3 is 5.32 Å². The van der Waals surface area contributed by atoms with Crippen LogP contribution in [-0.4, -0.2) is 25.9 Å². The van der Waals surface area contributed by atoms with Crippen LogP contribution >= 0.6 is 0 Å². The summed E-state index contributed by atoms with van der Waals surface area (Å²) >= 11 is 0. The van der Waals surface area contributed by atoms with Gasteiger partial charge in [-0.15, -0.1) is 0 Å². The van der Waals surface area contributed by atoms with E-state index in [2.05, 4.69) is 39.3 Å². The Balaban J connectivity index is 1.34. The van der Waals surface area contributed by atoms with Crippen molar-refractivity contribution in [3.05, 3.63) is 65.5 Å². The van der Waals surface area contributed by atoms with Crippen molar-refractivity contribution >= 4 is 5.82 Å². The molecular formula is C22H26FN7. The van der Waals surface area contributed by atoms with E-state index in [4.69, 9.17) is 5.10 Å². The lowest BCUT2D eigenvalue weighted by Crippen LogP contribution is -2.38. The van der Waals surface area contributed by atoms with E-state index in [9.17, 15) is 4.39 Å². The molecular weight excluding hydrogens is 381 g/mol. The molecule has 0 radical (unpaired) electrons. The third-order valence-electron chi connectivity index (χ3n) is 6.13. The van der Waals surface area contributed by atoms with Gasteiger partial charge in [-0.3, -0.25) is 0 Å². The van der Waals surface area contributed by atoms with Gasteiger partial charge in [0.1, 0.15) is 18.0 Å². The second kappa shape index (κ2) is 8.12. The minimum Gasteiger partial charge on any atom is -0.353 e. The Labute approximate surface area is 175 Å². The minimum atomic E-state index is -0.221. The van der Waals surface area contributed by atoms with E-state index < -0.39 is 0 Å². The molecule has 1 fully saturated rings. The van der Waals surface area contributed by atoms with Gasteiger partial charge >= 0.3 is 0 Å². The number of benzene rings is 1. The molecule has 8 heteroatoms. The second-order valence-electron chi connectivity index (χ2n) is 8.03. The Morgan fingerprint density at radius 2 is 1.97 bits per heavy atom. The maximum atomic E-state index is 13.3. The molecule has 3 atom stereocenters. The molecule has 0 saturated carbocycles. The Morgan fingerprint density at radius 1 is 1.13 bits per heavy atom. The van der Waals surface area contributed by atoms with E-state index in [0.717, 1.165) is 36.5 Å². The van der Waals surface area contributed by atoms with Crippen molar-refractivity contribution in [2.45, 2.75) is 51.2 Å². The summed E-state index contributed by atoms with van der Waals surface area (Å²) in [7, 11) is 0. The molecule has 3 unspecified atom stereocenters. The summed E-state index contributed by atoms with van der Waals surface area (Å²) in [6.45, 7) is 2.16. The SMILES string of the molecule is CCC1C(Nc2cc(-n3cc4c(n3)CCCC4)ncn2)NNC1c1ccc(F)cc1. The molecule has 0 spiro atoms. The van der Waals surface area contributed by atoms with Crippen LogP contribution in [0.1, 0.15) is 49.0 Å². The molecule has 1 aliphatic carbocycles. The third-order valence-corrected chi connectivity index (χ3v) is 6.13. The number of fused-ring (bicyclic) bond motifs is 1. The normalized spacial score (nSPS) is 23.3. The highest BCUT2D eigenvalue weighted by molar-refractivity contribution is 5.42. The van der Waals surface area contributed by atoms with E-state index in [1.54, 1.807) is 6.33 Å². The number of halogens is 1. The maximum Gasteiger partial charge on any atom is 0.158 e. The quantitative estimate of drug-likeness (QED) is 0.602. The molecule has 2 aromatic heterocycles. The number of nitrogens with zero attached hydrogens (tertiary/aromatic N) is 4. The summed E-state index contributed by atoms with van der Waals surface area (Å²) in [6, 6.07) is 8.70. The van der Waals surface area contributed by atoms with Gasteiger partial charge in [-0.2, -0.15) is 5.10 Å². The first-order chi connectivity index (χ1) is 14.7. The van der Waals surface area contributed by atoms with Crippen LogP contribution in [0, 0.1) is 11.7 Å². The Bertz CT molecular complexity index is 993. The number of aryl methyl sites for hydroxylation is 2. The summed E-state index contributed by atoms with van der Waals surface area (Å²) in [4.78, 5) is 8.82. The fourth-order valence-corrected chi connectivity index (χ4v) is 4.50. The first-order valence-electron chi connectivity index (χ1n) is 10.6. The molecule has 1 aliphatic heterocycles. The highest BCUT2D eigenvalue weighted by Crippen LogP contribution is 2.31. The topological polar surface area (TPSA) is 79.7 Å². The first kappa shape index (κ1) is 19.1. The summed E-state index contributed by atoms with van der Waals surface area (Å²) in [5.74, 6) is 1.55. The summed E-state index contributed by atoms with van der Waals surface area (Å²) in [5.41, 5.74) is 10.2. The van der Waals surface area contributed by atoms with Gasteiger partial charge in [0.2, 0.25) is 0 Å². The van der Waals surface area contributed by atoms with Gasteiger partial charge in [-0.05, 0) is 55.4 Å². The van der Waals surface area contributed by atoms with Crippen LogP contribution in [0.25, 0.3) is 5.82 Å². The molecule has 3 N–H and O–H groups in total. The molecule has 3 heterocycles. The zero-order valence-corrected chi connectivity index (χ0v) is 17.0. The van der Waals surface area contributed by atoms with Gasteiger partial charge in [0.15, 0.2) is 5.82 Å². The maximum absolute atomic E-state index is 13.3. The van der Waals surface area contributed by atoms with Crippen LogP contribution < -0.4 is 16.2 Å². The van der Waals surface area contributed by atoms with E-state index >= 15 is 0 Å². The number of hydrogen-bond donors (Lipinski definition) is 3. The molecule has 3 aromatic rings. The van der Waals surface area contributed by atoms with Crippen LogP contribution in [0.4, 0.5) is 10.2 Å². The number of aromatic nitrogens is 4. The van der Waals surface area contributed by atoms with Crippen LogP contribution in [0.3, 0.4) is 0 Å². The van der Waals surface area contributed by atoms with Gasteiger partial charge in [-0.25, -0.2) is 29.9 Å². The minimum absolute atomic E-state index is 0.0152. The zero-order chi connectivity index (χ0) is 20.5. The molecule has 30 heavy (non-hydrogen) atoms. The number of hydrogen-bond acceptors (Lipinski definition) is 6. The molecule has 156 valence electrons. The zero-order valence-electron chi connectivity index (χ0n) is 17.0. The van der Waals surface area contributed by atoms with Crippen LogP contribution in [-0.2, 0) is 12.8 Å². The summed E-state index contributed by atoms with van der Waals surface area (Å²) < 4.78 is 15.2. The van der Waals surface area contributed by atoms with Crippen molar-refractivity contribution in [2.24, 2.45) is 5.92 Å². The lowest BCUT2D eigenvalue weighted by Gasteiger charge is -2.23. The van der Waals surface area contributed by atoms with E-state index in [1.165, 1.54) is 36.2 Å². The van der Waals surface area contributed by atoms with Crippen LogP contribution in [0.5, 0.6) is 0 Å². The largest absolute Gasteiger partial charge is 0.353 e. The van der Waals surface area contributed by atoms with Gasteiger partial charge in [0, 0.05) is 18.2 Å². The molecule has 1 saturated heterocycles. The average Bonchev–Trinajstić information content (AvgIpc) is 3.38. The second-order valence-corrected chi connectivity index (χ2v) is 8.03. The van der Waals surface area contributed by atoms with Gasteiger partial charge in [0.05, 0.1) is 17.9 Å². The smallest absolute Gasteiger partial charge is 0.158 e. The van der Waals surface area contributed by atoms with Crippen molar-refractivity contribution in [1.82, 2.24) is 30.6 Å². The number of hydrazine groups is 1. The van der Waals surface area contributed by atoms with Crippen molar-refractivity contribution in [3.8, 4) is 5.82 Å². The Kier molecular flexibility index (Phi) is 5.18. The average molecular weight is 407 g/mol. The van der Waals surface area contributed by atoms with Gasteiger partial charge in [0.25, 0.3) is 0 Å². The van der Waals surface area contributed by atoms with E-state index in [0.29, 0.717) is 0 Å². The number of rotatable bonds is 5. The fourth-order valence-electron chi connectivity index (χ4n) is 4.50. The van der Waals surface area contributed by atoms with Gasteiger partial charge in [-0.1, -0.05) is 19.1 Å². The van der Waals surface area contributed by atoms with Crippen molar-refractivity contribution in [1.29, 1.82) is 0 Å². The van der Waals surface area contributed by atoms with Crippen LogP contribution in [0.15, 0.2) is 42.9 Å².